The first-order valence-electron chi connectivity index (χ1n) is 10.6. The van der Waals surface area contributed by atoms with Crippen molar-refractivity contribution in [3.8, 4) is 0 Å². The summed E-state index contributed by atoms with van der Waals surface area (Å²) in [6.07, 6.45) is 3.16. The highest BCUT2D eigenvalue weighted by Crippen LogP contribution is 2.21. The lowest BCUT2D eigenvalue weighted by Gasteiger charge is -2.35. The molecule has 1 aromatic heterocycles. The highest BCUT2D eigenvalue weighted by atomic mass is 16.5. The number of nitrogens with zero attached hydrogens (tertiary/aromatic N) is 4. The molecule has 2 aromatic rings. The third-order valence-electron chi connectivity index (χ3n) is 6.14. The van der Waals surface area contributed by atoms with Gasteiger partial charge in [-0.1, -0.05) is 12.1 Å². The van der Waals surface area contributed by atoms with E-state index in [1.165, 1.54) is 10.9 Å². The molecule has 8 heteroatoms. The number of piperidine rings is 1. The van der Waals surface area contributed by atoms with Crippen LogP contribution in [0.15, 0.2) is 29.3 Å². The highest BCUT2D eigenvalue weighted by Gasteiger charge is 2.30. The summed E-state index contributed by atoms with van der Waals surface area (Å²) in [6, 6.07) is 5.54. The first-order valence-corrected chi connectivity index (χ1v) is 10.6. The van der Waals surface area contributed by atoms with Gasteiger partial charge in [-0.3, -0.25) is 19.0 Å². The van der Waals surface area contributed by atoms with Crippen molar-refractivity contribution in [1.82, 2.24) is 19.4 Å². The molecule has 2 saturated heterocycles. The molecular formula is C22H28N4O4. The maximum Gasteiger partial charge on any atom is 0.261 e. The Morgan fingerprint density at radius 2 is 1.83 bits per heavy atom. The number of likely N-dealkylation sites (tertiary alicyclic amines) is 1. The zero-order chi connectivity index (χ0) is 21.1. The van der Waals surface area contributed by atoms with Crippen molar-refractivity contribution in [1.29, 1.82) is 0 Å². The molecule has 8 nitrogen and oxygen atoms in total. The third-order valence-corrected chi connectivity index (χ3v) is 6.14. The molecule has 0 N–H and O–H groups in total. The van der Waals surface area contributed by atoms with E-state index in [9.17, 15) is 14.4 Å². The number of carbonyl (C=O) groups excluding carboxylic acids is 2. The topological polar surface area (TPSA) is 84.7 Å². The molecule has 2 fully saturated rings. The minimum atomic E-state index is -0.119. The Bertz CT molecular complexity index is 988. The van der Waals surface area contributed by atoms with Gasteiger partial charge in [0.1, 0.15) is 0 Å². The number of aromatic nitrogens is 2. The molecule has 2 aliphatic rings. The molecule has 3 heterocycles. The molecule has 160 valence electrons. The fourth-order valence-corrected chi connectivity index (χ4v) is 4.29. The van der Waals surface area contributed by atoms with Crippen molar-refractivity contribution in [2.75, 3.05) is 39.4 Å². The van der Waals surface area contributed by atoms with E-state index in [2.05, 4.69) is 4.98 Å². The zero-order valence-electron chi connectivity index (χ0n) is 17.4. The average molecular weight is 412 g/mol. The van der Waals surface area contributed by atoms with Crippen molar-refractivity contribution in [2.24, 2.45) is 5.92 Å². The van der Waals surface area contributed by atoms with Gasteiger partial charge in [0.25, 0.3) is 5.56 Å². The van der Waals surface area contributed by atoms with Crippen molar-refractivity contribution < 1.29 is 14.3 Å². The number of fused-ring (bicyclic) bond motifs is 1. The monoisotopic (exact) mass is 412 g/mol. The van der Waals surface area contributed by atoms with Gasteiger partial charge >= 0.3 is 0 Å². The fourth-order valence-electron chi connectivity index (χ4n) is 4.29. The van der Waals surface area contributed by atoms with Crippen LogP contribution in [0.3, 0.4) is 0 Å². The Hall–Kier alpha value is -2.74. The molecule has 0 bridgehead atoms. The highest BCUT2D eigenvalue weighted by molar-refractivity contribution is 5.81. The fraction of sp³-hybridized carbons (Fsp3) is 0.545. The van der Waals surface area contributed by atoms with Crippen LogP contribution in [0, 0.1) is 12.8 Å². The van der Waals surface area contributed by atoms with Crippen LogP contribution in [0.1, 0.15) is 24.8 Å². The predicted octanol–water partition coefficient (Wildman–Crippen LogP) is 1.19. The number of ether oxygens (including phenoxy) is 1. The summed E-state index contributed by atoms with van der Waals surface area (Å²) in [5.41, 5.74) is 1.55. The average Bonchev–Trinajstić information content (AvgIpc) is 2.79. The van der Waals surface area contributed by atoms with E-state index < -0.39 is 0 Å². The Morgan fingerprint density at radius 3 is 2.57 bits per heavy atom. The van der Waals surface area contributed by atoms with E-state index in [4.69, 9.17) is 4.74 Å². The van der Waals surface area contributed by atoms with Crippen LogP contribution in [0.25, 0.3) is 10.9 Å². The van der Waals surface area contributed by atoms with Gasteiger partial charge in [0.05, 0.1) is 30.4 Å². The molecule has 0 aliphatic carbocycles. The quantitative estimate of drug-likeness (QED) is 0.753. The van der Waals surface area contributed by atoms with E-state index in [1.807, 2.05) is 28.9 Å². The van der Waals surface area contributed by atoms with Gasteiger partial charge < -0.3 is 14.5 Å². The number of carbonyl (C=O) groups is 2. The third kappa shape index (κ3) is 4.23. The van der Waals surface area contributed by atoms with Crippen LogP contribution >= 0.6 is 0 Å². The van der Waals surface area contributed by atoms with Crippen LogP contribution in [-0.2, 0) is 20.9 Å². The van der Waals surface area contributed by atoms with Crippen LogP contribution < -0.4 is 5.56 Å². The van der Waals surface area contributed by atoms with Crippen molar-refractivity contribution >= 4 is 22.7 Å². The summed E-state index contributed by atoms with van der Waals surface area (Å²) < 4.78 is 6.82. The van der Waals surface area contributed by atoms with Gasteiger partial charge in [-0.15, -0.1) is 0 Å². The molecule has 0 saturated carbocycles. The van der Waals surface area contributed by atoms with E-state index in [1.54, 1.807) is 6.07 Å². The Morgan fingerprint density at radius 1 is 1.10 bits per heavy atom. The first-order chi connectivity index (χ1) is 14.5. The second-order valence-corrected chi connectivity index (χ2v) is 8.06. The molecule has 0 spiro atoms. The number of morpholine rings is 1. The van der Waals surface area contributed by atoms with Gasteiger partial charge in [0, 0.05) is 45.1 Å². The number of benzene rings is 1. The molecule has 0 unspecified atom stereocenters. The van der Waals surface area contributed by atoms with E-state index >= 15 is 0 Å². The summed E-state index contributed by atoms with van der Waals surface area (Å²) in [4.78, 5) is 46.1. The van der Waals surface area contributed by atoms with Crippen molar-refractivity contribution in [2.45, 2.75) is 32.7 Å². The normalized spacial score (nSPS) is 18.0. The minimum Gasteiger partial charge on any atom is -0.378 e. The smallest absolute Gasteiger partial charge is 0.261 e. The summed E-state index contributed by atoms with van der Waals surface area (Å²) >= 11 is 0. The lowest BCUT2D eigenvalue weighted by atomic mass is 9.95. The van der Waals surface area contributed by atoms with Gasteiger partial charge in [0.15, 0.2) is 0 Å². The number of amides is 2. The largest absolute Gasteiger partial charge is 0.378 e. The van der Waals surface area contributed by atoms with E-state index in [0.717, 1.165) is 5.56 Å². The van der Waals surface area contributed by atoms with Crippen LogP contribution in [0.4, 0.5) is 0 Å². The Balaban J connectivity index is 1.31. The van der Waals surface area contributed by atoms with E-state index in [-0.39, 0.29) is 29.7 Å². The van der Waals surface area contributed by atoms with Crippen molar-refractivity contribution in [3.63, 3.8) is 0 Å². The van der Waals surface area contributed by atoms with Crippen LogP contribution in [0.2, 0.25) is 0 Å². The maximum absolute atomic E-state index is 12.7. The molecule has 2 amide bonds. The summed E-state index contributed by atoms with van der Waals surface area (Å²) in [5.74, 6) is 0.195. The summed E-state index contributed by atoms with van der Waals surface area (Å²) in [7, 11) is 0. The number of rotatable bonds is 4. The Labute approximate surface area is 175 Å². The SMILES string of the molecule is Cc1cccc2c(=O)n(CCC(=O)N3CCC(C(=O)N4CCOCC4)CC3)cnc12. The molecule has 2 aliphatic heterocycles. The molecule has 1 aromatic carbocycles. The van der Waals surface area contributed by atoms with Gasteiger partial charge in [0.2, 0.25) is 11.8 Å². The second-order valence-electron chi connectivity index (χ2n) is 8.06. The van der Waals surface area contributed by atoms with Crippen LogP contribution in [0.5, 0.6) is 0 Å². The Kier molecular flexibility index (Phi) is 6.13. The number of aryl methyl sites for hydroxylation is 2. The standard InChI is InChI=1S/C22H28N4O4/c1-16-3-2-4-18-20(16)23-15-26(22(18)29)10-7-19(27)24-8-5-17(6-9-24)21(28)25-11-13-30-14-12-25/h2-4,15,17H,5-14H2,1H3. The molecule has 30 heavy (non-hydrogen) atoms. The summed E-state index contributed by atoms with van der Waals surface area (Å²) in [5, 5.41) is 0.576. The lowest BCUT2D eigenvalue weighted by Crippen LogP contribution is -2.47. The van der Waals surface area contributed by atoms with Gasteiger partial charge in [-0.2, -0.15) is 0 Å². The van der Waals surface area contributed by atoms with Crippen LogP contribution in [-0.4, -0.2) is 70.6 Å². The predicted molar refractivity (Wildman–Crippen MR) is 112 cm³/mol. The van der Waals surface area contributed by atoms with Crippen molar-refractivity contribution in [3.05, 3.63) is 40.4 Å². The maximum atomic E-state index is 12.7. The van der Waals surface area contributed by atoms with E-state index in [0.29, 0.717) is 69.7 Å². The number of hydrogen-bond acceptors (Lipinski definition) is 5. The molecule has 0 atom stereocenters. The molecule has 4 rings (SSSR count). The zero-order valence-corrected chi connectivity index (χ0v) is 17.4. The second kappa shape index (κ2) is 8.95. The number of hydrogen-bond donors (Lipinski definition) is 0. The van der Waals surface area contributed by atoms with Gasteiger partial charge in [-0.25, -0.2) is 4.98 Å². The molecular weight excluding hydrogens is 384 g/mol. The minimum absolute atomic E-state index is 0.0114. The summed E-state index contributed by atoms with van der Waals surface area (Å²) in [6.45, 7) is 5.93. The molecule has 0 radical (unpaired) electrons. The lowest BCUT2D eigenvalue weighted by molar-refractivity contribution is -0.143. The first kappa shape index (κ1) is 20.5. The van der Waals surface area contributed by atoms with Gasteiger partial charge in [-0.05, 0) is 31.4 Å². The number of para-hydroxylation sites is 1.